The number of fused-ring (bicyclic) bond motifs is 1. The number of hydrogen-bond acceptors (Lipinski definition) is 0. The van der Waals surface area contributed by atoms with Crippen molar-refractivity contribution in [2.24, 2.45) is 0 Å². The molecule has 2 rings (SSSR count). The maximum absolute atomic E-state index is 3.44. The lowest BCUT2D eigenvalue weighted by Gasteiger charge is -1.98. The summed E-state index contributed by atoms with van der Waals surface area (Å²) < 4.78 is 0. The van der Waals surface area contributed by atoms with Gasteiger partial charge in [0, 0.05) is 28.0 Å². The fraction of sp³-hybridized carbons (Fsp3) is 0.231. The first-order valence-electron chi connectivity index (χ1n) is 5.12. The summed E-state index contributed by atoms with van der Waals surface area (Å²) in [5.74, 6) is 0. The highest BCUT2D eigenvalue weighted by Gasteiger charge is 2.03. The standard InChI is InChI=1S/C13H14BrN/c1-10(5-4-8-14)12-9-15-13-7-3-2-6-11(12)13/h2-3,5-7,9,15H,4,8H2,1H3/b10-5-. The molecule has 0 radical (unpaired) electrons. The van der Waals surface area contributed by atoms with Gasteiger partial charge in [-0.1, -0.05) is 40.2 Å². The highest BCUT2D eigenvalue weighted by atomic mass is 79.9. The molecule has 0 aliphatic rings. The van der Waals surface area contributed by atoms with Crippen LogP contribution >= 0.6 is 15.9 Å². The Balaban J connectivity index is 2.43. The van der Waals surface area contributed by atoms with Crippen molar-refractivity contribution in [1.29, 1.82) is 0 Å². The van der Waals surface area contributed by atoms with Gasteiger partial charge in [0.1, 0.15) is 0 Å². The summed E-state index contributed by atoms with van der Waals surface area (Å²) in [5.41, 5.74) is 3.86. The average Bonchev–Trinajstić information content (AvgIpc) is 2.69. The first-order valence-corrected chi connectivity index (χ1v) is 6.24. The number of H-pyrrole nitrogens is 1. The Morgan fingerprint density at radius 3 is 3.00 bits per heavy atom. The van der Waals surface area contributed by atoms with Gasteiger partial charge in [0.25, 0.3) is 0 Å². The summed E-state index contributed by atoms with van der Waals surface area (Å²) >= 11 is 3.44. The minimum Gasteiger partial charge on any atom is -0.361 e. The Hall–Kier alpha value is -1.02. The number of hydrogen-bond donors (Lipinski definition) is 1. The van der Waals surface area contributed by atoms with Crippen LogP contribution in [0.25, 0.3) is 16.5 Å². The molecule has 1 nitrogen and oxygen atoms in total. The molecule has 1 N–H and O–H groups in total. The predicted molar refractivity (Wildman–Crippen MR) is 70.4 cm³/mol. The molecule has 0 saturated carbocycles. The number of halogens is 1. The first-order chi connectivity index (χ1) is 7.33. The molecule has 15 heavy (non-hydrogen) atoms. The number of rotatable bonds is 3. The van der Waals surface area contributed by atoms with E-state index in [2.05, 4.69) is 64.4 Å². The van der Waals surface area contributed by atoms with E-state index in [1.807, 2.05) is 0 Å². The Labute approximate surface area is 98.3 Å². The number of para-hydroxylation sites is 1. The second-order valence-corrected chi connectivity index (χ2v) is 4.41. The van der Waals surface area contributed by atoms with Crippen LogP contribution in [-0.2, 0) is 0 Å². The van der Waals surface area contributed by atoms with Crippen LogP contribution in [0.1, 0.15) is 18.9 Å². The van der Waals surface area contributed by atoms with Crippen LogP contribution in [-0.4, -0.2) is 10.3 Å². The summed E-state index contributed by atoms with van der Waals surface area (Å²) in [6.07, 6.45) is 5.43. The van der Waals surface area contributed by atoms with Gasteiger partial charge in [-0.25, -0.2) is 0 Å². The Bertz CT molecular complexity index is 482. The SMILES string of the molecule is C/C(=C/CCBr)c1c[nH]c2ccccc12. The number of aromatic amines is 1. The van der Waals surface area contributed by atoms with Gasteiger partial charge in [0.15, 0.2) is 0 Å². The van der Waals surface area contributed by atoms with Gasteiger partial charge < -0.3 is 4.98 Å². The predicted octanol–water partition coefficient (Wildman–Crippen LogP) is 4.36. The largest absolute Gasteiger partial charge is 0.361 e. The number of benzene rings is 1. The van der Waals surface area contributed by atoms with Crippen molar-refractivity contribution in [3.05, 3.63) is 42.1 Å². The smallest absolute Gasteiger partial charge is 0.0460 e. The number of nitrogens with one attached hydrogen (secondary N) is 1. The van der Waals surface area contributed by atoms with Crippen LogP contribution in [0.4, 0.5) is 0 Å². The molecular formula is C13H14BrN. The summed E-state index contributed by atoms with van der Waals surface area (Å²) in [6, 6.07) is 8.40. The lowest BCUT2D eigenvalue weighted by Crippen LogP contribution is -1.77. The van der Waals surface area contributed by atoms with Crippen LogP contribution in [0.15, 0.2) is 36.5 Å². The molecule has 1 aromatic heterocycles. The van der Waals surface area contributed by atoms with E-state index in [1.165, 1.54) is 22.0 Å². The summed E-state index contributed by atoms with van der Waals surface area (Å²) in [4.78, 5) is 3.29. The Kier molecular flexibility index (Phi) is 3.27. The fourth-order valence-corrected chi connectivity index (χ4v) is 2.01. The molecule has 0 fully saturated rings. The zero-order valence-electron chi connectivity index (χ0n) is 8.76. The number of aromatic nitrogens is 1. The summed E-state index contributed by atoms with van der Waals surface area (Å²) in [6.45, 7) is 2.16. The Morgan fingerprint density at radius 2 is 2.20 bits per heavy atom. The minimum atomic E-state index is 1.02. The highest BCUT2D eigenvalue weighted by molar-refractivity contribution is 9.09. The molecule has 0 bridgehead atoms. The van der Waals surface area contributed by atoms with Crippen molar-refractivity contribution in [3.8, 4) is 0 Å². The maximum atomic E-state index is 3.44. The fourth-order valence-electron chi connectivity index (χ4n) is 1.78. The van der Waals surface area contributed by atoms with E-state index in [4.69, 9.17) is 0 Å². The van der Waals surface area contributed by atoms with Crippen molar-refractivity contribution < 1.29 is 0 Å². The molecular weight excluding hydrogens is 250 g/mol. The zero-order valence-corrected chi connectivity index (χ0v) is 10.3. The molecule has 0 aliphatic carbocycles. The monoisotopic (exact) mass is 263 g/mol. The lowest BCUT2D eigenvalue weighted by molar-refractivity contribution is 1.26. The molecule has 2 heteroatoms. The second-order valence-electron chi connectivity index (χ2n) is 3.61. The van der Waals surface area contributed by atoms with Gasteiger partial charge in [-0.05, 0) is 25.0 Å². The van der Waals surface area contributed by atoms with Crippen LogP contribution in [0.2, 0.25) is 0 Å². The van der Waals surface area contributed by atoms with Gasteiger partial charge in [0.2, 0.25) is 0 Å². The van der Waals surface area contributed by atoms with Crippen LogP contribution in [0.3, 0.4) is 0 Å². The third kappa shape index (κ3) is 2.15. The maximum Gasteiger partial charge on any atom is 0.0460 e. The van der Waals surface area contributed by atoms with Crippen LogP contribution in [0, 0.1) is 0 Å². The molecule has 1 heterocycles. The molecule has 1 aromatic carbocycles. The highest BCUT2D eigenvalue weighted by Crippen LogP contribution is 2.24. The van der Waals surface area contributed by atoms with Crippen LogP contribution in [0.5, 0.6) is 0 Å². The molecule has 0 aliphatic heterocycles. The summed E-state index contributed by atoms with van der Waals surface area (Å²) in [5, 5.41) is 2.33. The third-order valence-corrected chi connectivity index (χ3v) is 3.03. The lowest BCUT2D eigenvalue weighted by atomic mass is 10.1. The van der Waals surface area contributed by atoms with Gasteiger partial charge in [-0.3, -0.25) is 0 Å². The van der Waals surface area contributed by atoms with E-state index in [0.29, 0.717) is 0 Å². The van der Waals surface area contributed by atoms with Gasteiger partial charge in [-0.2, -0.15) is 0 Å². The third-order valence-electron chi connectivity index (χ3n) is 2.57. The molecule has 0 saturated heterocycles. The minimum absolute atomic E-state index is 1.02. The normalized spacial score (nSPS) is 12.3. The number of alkyl halides is 1. The van der Waals surface area contributed by atoms with Crippen molar-refractivity contribution >= 4 is 32.4 Å². The Morgan fingerprint density at radius 1 is 1.40 bits per heavy atom. The van der Waals surface area contributed by atoms with Crippen molar-refractivity contribution in [1.82, 2.24) is 4.98 Å². The average molecular weight is 264 g/mol. The summed E-state index contributed by atoms with van der Waals surface area (Å²) in [7, 11) is 0. The van der Waals surface area contributed by atoms with E-state index >= 15 is 0 Å². The van der Waals surface area contributed by atoms with E-state index in [-0.39, 0.29) is 0 Å². The van der Waals surface area contributed by atoms with E-state index in [9.17, 15) is 0 Å². The van der Waals surface area contributed by atoms with E-state index in [1.54, 1.807) is 0 Å². The van der Waals surface area contributed by atoms with Gasteiger partial charge in [-0.15, -0.1) is 0 Å². The quantitative estimate of drug-likeness (QED) is 0.793. The van der Waals surface area contributed by atoms with Crippen molar-refractivity contribution in [2.75, 3.05) is 5.33 Å². The van der Waals surface area contributed by atoms with E-state index < -0.39 is 0 Å². The van der Waals surface area contributed by atoms with E-state index in [0.717, 1.165) is 11.8 Å². The molecule has 0 atom stereocenters. The van der Waals surface area contributed by atoms with Crippen molar-refractivity contribution in [3.63, 3.8) is 0 Å². The molecule has 2 aromatic rings. The molecule has 0 spiro atoms. The van der Waals surface area contributed by atoms with Gasteiger partial charge in [0.05, 0.1) is 0 Å². The number of allylic oxidation sites excluding steroid dienone is 2. The van der Waals surface area contributed by atoms with Crippen LogP contribution < -0.4 is 0 Å². The molecule has 0 amide bonds. The topological polar surface area (TPSA) is 15.8 Å². The second kappa shape index (κ2) is 4.67. The molecule has 0 unspecified atom stereocenters. The van der Waals surface area contributed by atoms with Crippen molar-refractivity contribution in [2.45, 2.75) is 13.3 Å². The molecule has 78 valence electrons. The first kappa shape index (κ1) is 10.5. The zero-order chi connectivity index (χ0) is 10.7. The van der Waals surface area contributed by atoms with Gasteiger partial charge >= 0.3 is 0 Å².